The first-order valence-corrected chi connectivity index (χ1v) is 10.9. The van der Waals surface area contributed by atoms with E-state index in [1.54, 1.807) is 36.4 Å². The van der Waals surface area contributed by atoms with Gasteiger partial charge in [0.1, 0.15) is 5.75 Å². The normalized spacial score (nSPS) is 11.0. The maximum Gasteiger partial charge on any atom is 0.262 e. The van der Waals surface area contributed by atoms with Crippen LogP contribution in [-0.2, 0) is 21.2 Å². The number of para-hydroxylation sites is 2. The molecule has 0 bridgehead atoms. The zero-order valence-electron chi connectivity index (χ0n) is 17.1. The topological polar surface area (TPSA) is 84.5 Å². The van der Waals surface area contributed by atoms with Crippen LogP contribution in [0.25, 0.3) is 0 Å². The van der Waals surface area contributed by atoms with Gasteiger partial charge in [0, 0.05) is 5.69 Å². The number of aryl methyl sites for hydroxylation is 2. The summed E-state index contributed by atoms with van der Waals surface area (Å²) in [6, 6.07) is 18.8. The van der Waals surface area contributed by atoms with Crippen LogP contribution >= 0.6 is 0 Å². The van der Waals surface area contributed by atoms with Crippen LogP contribution in [0.4, 0.5) is 11.4 Å². The second kappa shape index (κ2) is 9.00. The van der Waals surface area contributed by atoms with Crippen molar-refractivity contribution in [3.8, 4) is 5.75 Å². The molecule has 0 atom stereocenters. The second-order valence-corrected chi connectivity index (χ2v) is 8.66. The number of rotatable bonds is 7. The average molecular weight is 425 g/mol. The molecule has 0 fully saturated rings. The molecule has 156 valence electrons. The summed E-state index contributed by atoms with van der Waals surface area (Å²) < 4.78 is 33.3. The van der Waals surface area contributed by atoms with E-state index >= 15 is 0 Å². The van der Waals surface area contributed by atoms with E-state index < -0.39 is 10.0 Å². The molecule has 3 aromatic rings. The fourth-order valence-corrected chi connectivity index (χ4v) is 4.09. The minimum atomic E-state index is -3.85. The van der Waals surface area contributed by atoms with Crippen molar-refractivity contribution in [2.24, 2.45) is 0 Å². The Hall–Kier alpha value is -3.32. The highest BCUT2D eigenvalue weighted by molar-refractivity contribution is 7.92. The van der Waals surface area contributed by atoms with Crippen LogP contribution in [0.5, 0.6) is 5.75 Å². The van der Waals surface area contributed by atoms with Crippen LogP contribution in [-0.4, -0.2) is 21.4 Å². The van der Waals surface area contributed by atoms with Crippen LogP contribution in [0.3, 0.4) is 0 Å². The summed E-state index contributed by atoms with van der Waals surface area (Å²) in [5.41, 5.74) is 3.93. The number of methoxy groups -OCH3 is 1. The molecule has 0 aliphatic heterocycles. The number of benzene rings is 3. The molecule has 0 heterocycles. The summed E-state index contributed by atoms with van der Waals surface area (Å²) in [5.74, 6) is 0.199. The Labute approximate surface area is 177 Å². The zero-order valence-corrected chi connectivity index (χ0v) is 17.9. The van der Waals surface area contributed by atoms with E-state index in [0.717, 1.165) is 11.1 Å². The predicted molar refractivity (Wildman–Crippen MR) is 118 cm³/mol. The SMILES string of the molecule is COc1ccccc1NS(=O)(=O)c1cccc(NC(=O)Cc2ccc(C)c(C)c2)c1. The van der Waals surface area contributed by atoms with Gasteiger partial charge in [-0.15, -0.1) is 0 Å². The van der Waals surface area contributed by atoms with E-state index in [9.17, 15) is 13.2 Å². The van der Waals surface area contributed by atoms with Gasteiger partial charge in [-0.25, -0.2) is 8.42 Å². The first-order chi connectivity index (χ1) is 14.3. The highest BCUT2D eigenvalue weighted by atomic mass is 32.2. The summed E-state index contributed by atoms with van der Waals surface area (Å²) in [4.78, 5) is 12.5. The Morgan fingerprint density at radius 1 is 0.933 bits per heavy atom. The van der Waals surface area contributed by atoms with Gasteiger partial charge >= 0.3 is 0 Å². The molecular weight excluding hydrogens is 400 g/mol. The number of nitrogens with one attached hydrogen (secondary N) is 2. The van der Waals surface area contributed by atoms with Gasteiger partial charge in [0.25, 0.3) is 10.0 Å². The third-order valence-electron chi connectivity index (χ3n) is 4.72. The molecule has 0 aliphatic rings. The van der Waals surface area contributed by atoms with Crippen molar-refractivity contribution in [3.05, 3.63) is 83.4 Å². The zero-order chi connectivity index (χ0) is 21.7. The van der Waals surface area contributed by atoms with Crippen LogP contribution in [0.15, 0.2) is 71.6 Å². The minimum Gasteiger partial charge on any atom is -0.495 e. The van der Waals surface area contributed by atoms with Gasteiger partial charge in [-0.2, -0.15) is 0 Å². The van der Waals surface area contributed by atoms with Gasteiger partial charge in [-0.3, -0.25) is 9.52 Å². The van der Waals surface area contributed by atoms with E-state index in [0.29, 0.717) is 17.1 Å². The van der Waals surface area contributed by atoms with E-state index in [-0.39, 0.29) is 17.2 Å². The smallest absolute Gasteiger partial charge is 0.262 e. The summed E-state index contributed by atoms with van der Waals surface area (Å²) in [7, 11) is -2.38. The molecule has 6 nitrogen and oxygen atoms in total. The standard InChI is InChI=1S/C23H24N2O4S/c1-16-11-12-18(13-17(16)2)14-23(26)24-19-7-6-8-20(15-19)30(27,28)25-21-9-4-5-10-22(21)29-3/h4-13,15,25H,14H2,1-3H3,(H,24,26). The Morgan fingerprint density at radius 2 is 1.70 bits per heavy atom. The fourth-order valence-electron chi connectivity index (χ4n) is 2.98. The van der Waals surface area contributed by atoms with Crippen LogP contribution in [0.1, 0.15) is 16.7 Å². The number of amides is 1. The van der Waals surface area contributed by atoms with E-state index in [1.165, 1.54) is 24.8 Å². The molecule has 3 aromatic carbocycles. The maximum atomic E-state index is 12.8. The van der Waals surface area contributed by atoms with Gasteiger partial charge in [-0.1, -0.05) is 36.4 Å². The fraction of sp³-hybridized carbons (Fsp3) is 0.174. The first kappa shape index (κ1) is 21.4. The molecule has 0 aromatic heterocycles. The lowest BCUT2D eigenvalue weighted by Gasteiger charge is -2.13. The molecule has 30 heavy (non-hydrogen) atoms. The van der Waals surface area contributed by atoms with Gasteiger partial charge < -0.3 is 10.1 Å². The number of carbonyl (C=O) groups excluding carboxylic acids is 1. The van der Waals surface area contributed by atoms with Crippen LogP contribution in [0.2, 0.25) is 0 Å². The Morgan fingerprint density at radius 3 is 2.43 bits per heavy atom. The number of hydrogen-bond donors (Lipinski definition) is 2. The van der Waals surface area contributed by atoms with Crippen molar-refractivity contribution in [2.45, 2.75) is 25.2 Å². The molecule has 2 N–H and O–H groups in total. The lowest BCUT2D eigenvalue weighted by atomic mass is 10.0. The molecule has 1 amide bonds. The van der Waals surface area contributed by atoms with Crippen molar-refractivity contribution < 1.29 is 17.9 Å². The highest BCUT2D eigenvalue weighted by Crippen LogP contribution is 2.27. The van der Waals surface area contributed by atoms with Gasteiger partial charge in [0.15, 0.2) is 0 Å². The third kappa shape index (κ3) is 5.18. The third-order valence-corrected chi connectivity index (χ3v) is 6.08. The number of ether oxygens (including phenoxy) is 1. The largest absolute Gasteiger partial charge is 0.495 e. The molecule has 0 unspecified atom stereocenters. The predicted octanol–water partition coefficient (Wildman–Crippen LogP) is 4.29. The van der Waals surface area contributed by atoms with Crippen molar-refractivity contribution in [2.75, 3.05) is 17.1 Å². The Kier molecular flexibility index (Phi) is 6.42. The highest BCUT2D eigenvalue weighted by Gasteiger charge is 2.17. The van der Waals surface area contributed by atoms with Crippen molar-refractivity contribution in [1.29, 1.82) is 0 Å². The van der Waals surface area contributed by atoms with Crippen LogP contribution in [0, 0.1) is 13.8 Å². The van der Waals surface area contributed by atoms with Crippen LogP contribution < -0.4 is 14.8 Å². The van der Waals surface area contributed by atoms with Gasteiger partial charge in [-0.05, 0) is 60.9 Å². The first-order valence-electron chi connectivity index (χ1n) is 9.40. The van der Waals surface area contributed by atoms with Crippen molar-refractivity contribution in [3.63, 3.8) is 0 Å². The average Bonchev–Trinajstić information content (AvgIpc) is 2.71. The van der Waals surface area contributed by atoms with Gasteiger partial charge in [0.2, 0.25) is 5.91 Å². The molecule has 0 radical (unpaired) electrons. The molecule has 0 spiro atoms. The molecule has 7 heteroatoms. The Balaban J connectivity index is 1.74. The molecular formula is C23H24N2O4S. The molecule has 3 rings (SSSR count). The summed E-state index contributed by atoms with van der Waals surface area (Å²) >= 11 is 0. The monoisotopic (exact) mass is 424 g/mol. The lowest BCUT2D eigenvalue weighted by Crippen LogP contribution is -2.16. The van der Waals surface area contributed by atoms with E-state index in [1.807, 2.05) is 32.0 Å². The van der Waals surface area contributed by atoms with Gasteiger partial charge in [0.05, 0.1) is 24.1 Å². The Bertz CT molecular complexity index is 1170. The second-order valence-electron chi connectivity index (χ2n) is 6.98. The lowest BCUT2D eigenvalue weighted by molar-refractivity contribution is -0.115. The number of carbonyl (C=O) groups is 1. The summed E-state index contributed by atoms with van der Waals surface area (Å²) in [5, 5.41) is 2.77. The summed E-state index contributed by atoms with van der Waals surface area (Å²) in [6.07, 6.45) is 0.206. The molecule has 0 saturated carbocycles. The number of anilines is 2. The minimum absolute atomic E-state index is 0.0392. The van der Waals surface area contributed by atoms with Crippen molar-refractivity contribution >= 4 is 27.3 Å². The van der Waals surface area contributed by atoms with E-state index in [4.69, 9.17) is 4.74 Å². The number of sulfonamides is 1. The molecule has 0 saturated heterocycles. The summed E-state index contributed by atoms with van der Waals surface area (Å²) in [6.45, 7) is 4.02. The quantitative estimate of drug-likeness (QED) is 0.592. The van der Waals surface area contributed by atoms with E-state index in [2.05, 4.69) is 10.0 Å². The number of hydrogen-bond acceptors (Lipinski definition) is 4. The van der Waals surface area contributed by atoms with Crippen molar-refractivity contribution in [1.82, 2.24) is 0 Å². The maximum absolute atomic E-state index is 12.8. The molecule has 0 aliphatic carbocycles.